The Kier molecular flexibility index (Phi) is 8.46. The Morgan fingerprint density at radius 3 is 2.42 bits per heavy atom. The highest BCUT2D eigenvalue weighted by atomic mass is 35.5. The number of benzene rings is 1. The molecule has 0 aliphatic rings. The molecule has 24 heavy (non-hydrogen) atoms. The van der Waals surface area contributed by atoms with Crippen molar-refractivity contribution in [3.8, 4) is 0 Å². The Bertz CT molecular complexity index is 642. The molecule has 2 aromatic rings. The molecule has 1 aromatic carbocycles. The van der Waals surface area contributed by atoms with Gasteiger partial charge in [0.05, 0.1) is 4.88 Å². The summed E-state index contributed by atoms with van der Waals surface area (Å²) in [7, 11) is 0. The Hall–Kier alpha value is -1.89. The number of rotatable bonds is 7. The molecule has 0 bridgehead atoms. The van der Waals surface area contributed by atoms with Crippen LogP contribution in [0.25, 0.3) is 0 Å². The number of hydrogen-bond acceptors (Lipinski definition) is 4. The van der Waals surface area contributed by atoms with E-state index in [-0.39, 0.29) is 30.3 Å². The minimum Gasteiger partial charge on any atom is -0.352 e. The smallest absolute Gasteiger partial charge is 0.261 e. The molecule has 5 nitrogen and oxygen atoms in total. The highest BCUT2D eigenvalue weighted by molar-refractivity contribution is 7.12. The second kappa shape index (κ2) is 10.1. The van der Waals surface area contributed by atoms with E-state index in [4.69, 9.17) is 5.73 Å². The lowest BCUT2D eigenvalue weighted by molar-refractivity contribution is 0.0944. The molecule has 0 fully saturated rings. The summed E-state index contributed by atoms with van der Waals surface area (Å²) >= 11 is 1.41. The van der Waals surface area contributed by atoms with Crippen molar-refractivity contribution in [1.82, 2.24) is 10.6 Å². The molecule has 7 heteroatoms. The molecule has 1 atom stereocenters. The lowest BCUT2D eigenvalue weighted by Gasteiger charge is -2.08. The van der Waals surface area contributed by atoms with Crippen LogP contribution in [0.2, 0.25) is 0 Å². The van der Waals surface area contributed by atoms with Crippen molar-refractivity contribution < 1.29 is 9.59 Å². The van der Waals surface area contributed by atoms with E-state index in [1.807, 2.05) is 30.5 Å². The largest absolute Gasteiger partial charge is 0.352 e. The van der Waals surface area contributed by atoms with Gasteiger partial charge in [-0.25, -0.2) is 0 Å². The average molecular weight is 368 g/mol. The third-order valence-electron chi connectivity index (χ3n) is 3.30. The van der Waals surface area contributed by atoms with E-state index < -0.39 is 0 Å². The summed E-state index contributed by atoms with van der Waals surface area (Å²) in [5, 5.41) is 7.55. The number of hydrogen-bond donors (Lipinski definition) is 3. The minimum absolute atomic E-state index is 0. The average Bonchev–Trinajstić information content (AvgIpc) is 3.07. The van der Waals surface area contributed by atoms with Gasteiger partial charge in [0.2, 0.25) is 0 Å². The number of nitrogens with two attached hydrogens (primary N) is 1. The van der Waals surface area contributed by atoms with E-state index in [0.29, 0.717) is 23.5 Å². The van der Waals surface area contributed by atoms with E-state index in [0.717, 1.165) is 12.0 Å². The Labute approximate surface area is 152 Å². The first kappa shape index (κ1) is 20.2. The highest BCUT2D eigenvalue weighted by Gasteiger charge is 2.07. The monoisotopic (exact) mass is 367 g/mol. The molecule has 2 amide bonds. The maximum absolute atomic E-state index is 11.9. The van der Waals surface area contributed by atoms with Gasteiger partial charge >= 0.3 is 0 Å². The van der Waals surface area contributed by atoms with Gasteiger partial charge in [-0.05, 0) is 42.5 Å². The maximum Gasteiger partial charge on any atom is 0.261 e. The van der Waals surface area contributed by atoms with Crippen molar-refractivity contribution >= 4 is 35.6 Å². The molecule has 130 valence electrons. The second-order valence-corrected chi connectivity index (χ2v) is 6.33. The number of carbonyl (C=O) groups is 2. The summed E-state index contributed by atoms with van der Waals surface area (Å²) in [4.78, 5) is 24.5. The van der Waals surface area contributed by atoms with Crippen LogP contribution < -0.4 is 16.4 Å². The first-order valence-electron chi connectivity index (χ1n) is 7.50. The van der Waals surface area contributed by atoms with Gasteiger partial charge in [-0.3, -0.25) is 9.59 Å². The van der Waals surface area contributed by atoms with Gasteiger partial charge in [-0.2, -0.15) is 0 Å². The summed E-state index contributed by atoms with van der Waals surface area (Å²) in [5.74, 6) is -0.197. The first-order chi connectivity index (χ1) is 11.1. The van der Waals surface area contributed by atoms with E-state index in [2.05, 4.69) is 10.6 Å². The molecule has 0 aliphatic heterocycles. The van der Waals surface area contributed by atoms with Gasteiger partial charge in [-0.15, -0.1) is 23.7 Å². The van der Waals surface area contributed by atoms with Crippen LogP contribution in [0, 0.1) is 0 Å². The van der Waals surface area contributed by atoms with Crippen molar-refractivity contribution in [2.45, 2.75) is 25.9 Å². The normalized spacial score (nSPS) is 11.2. The second-order valence-electron chi connectivity index (χ2n) is 5.38. The predicted molar refractivity (Wildman–Crippen MR) is 99.8 cm³/mol. The van der Waals surface area contributed by atoms with Crippen LogP contribution in [0.4, 0.5) is 0 Å². The van der Waals surface area contributed by atoms with Crippen molar-refractivity contribution in [2.75, 3.05) is 6.54 Å². The van der Waals surface area contributed by atoms with Crippen LogP contribution in [0.5, 0.6) is 0 Å². The molecule has 0 radical (unpaired) electrons. The van der Waals surface area contributed by atoms with Gasteiger partial charge in [0.25, 0.3) is 11.8 Å². The van der Waals surface area contributed by atoms with Crippen molar-refractivity contribution in [1.29, 1.82) is 0 Å². The molecule has 0 spiro atoms. The molecule has 2 rings (SSSR count). The van der Waals surface area contributed by atoms with Crippen molar-refractivity contribution in [2.24, 2.45) is 5.73 Å². The van der Waals surface area contributed by atoms with Crippen LogP contribution in [-0.2, 0) is 6.54 Å². The van der Waals surface area contributed by atoms with E-state index in [9.17, 15) is 9.59 Å². The number of halogens is 1. The van der Waals surface area contributed by atoms with Crippen LogP contribution in [0.1, 0.15) is 38.9 Å². The van der Waals surface area contributed by atoms with Crippen molar-refractivity contribution in [3.05, 3.63) is 57.8 Å². The van der Waals surface area contributed by atoms with Crippen LogP contribution in [0.3, 0.4) is 0 Å². The standard InChI is InChI=1S/C17H21N3O2S.ClH/c1-12(18)8-9-19-16(21)14-6-4-13(5-7-14)11-20-17(22)15-3-2-10-23-15;/h2-7,10,12H,8-9,11,18H2,1H3,(H,19,21)(H,20,22);1H. The van der Waals surface area contributed by atoms with E-state index in [1.165, 1.54) is 11.3 Å². The molecule has 1 aromatic heterocycles. The summed E-state index contributed by atoms with van der Waals surface area (Å²) in [6.07, 6.45) is 0.749. The quantitative estimate of drug-likeness (QED) is 0.703. The molecule has 4 N–H and O–H groups in total. The first-order valence-corrected chi connectivity index (χ1v) is 8.38. The molecule has 1 heterocycles. The lowest BCUT2D eigenvalue weighted by Crippen LogP contribution is -2.29. The third-order valence-corrected chi connectivity index (χ3v) is 4.17. The molecule has 0 saturated carbocycles. The lowest BCUT2D eigenvalue weighted by atomic mass is 10.1. The van der Waals surface area contributed by atoms with Crippen molar-refractivity contribution in [3.63, 3.8) is 0 Å². The SMILES string of the molecule is CC(N)CCNC(=O)c1ccc(CNC(=O)c2cccs2)cc1.Cl. The zero-order valence-corrected chi connectivity index (χ0v) is 15.1. The van der Waals surface area contributed by atoms with Crippen LogP contribution >= 0.6 is 23.7 Å². The summed E-state index contributed by atoms with van der Waals surface area (Å²) in [5.41, 5.74) is 7.19. The Morgan fingerprint density at radius 1 is 1.12 bits per heavy atom. The summed E-state index contributed by atoms with van der Waals surface area (Å²) in [6.45, 7) is 2.91. The topological polar surface area (TPSA) is 84.2 Å². The van der Waals surface area contributed by atoms with Gasteiger partial charge in [0.1, 0.15) is 0 Å². The van der Waals surface area contributed by atoms with Gasteiger partial charge in [0, 0.05) is 24.7 Å². The Morgan fingerprint density at radius 2 is 1.83 bits per heavy atom. The van der Waals surface area contributed by atoms with Gasteiger partial charge < -0.3 is 16.4 Å². The third kappa shape index (κ3) is 6.31. The number of nitrogens with one attached hydrogen (secondary N) is 2. The fourth-order valence-corrected chi connectivity index (χ4v) is 2.61. The molecular formula is C17H22ClN3O2S. The zero-order valence-electron chi connectivity index (χ0n) is 13.5. The fraction of sp³-hybridized carbons (Fsp3) is 0.294. The summed E-state index contributed by atoms with van der Waals surface area (Å²) < 4.78 is 0. The molecule has 1 unspecified atom stereocenters. The number of amides is 2. The summed E-state index contributed by atoms with van der Waals surface area (Å²) in [6, 6.07) is 10.9. The molecule has 0 aliphatic carbocycles. The van der Waals surface area contributed by atoms with Crippen LogP contribution in [0.15, 0.2) is 41.8 Å². The highest BCUT2D eigenvalue weighted by Crippen LogP contribution is 2.09. The fourth-order valence-electron chi connectivity index (χ4n) is 1.97. The minimum atomic E-state index is -0.111. The van der Waals surface area contributed by atoms with Gasteiger partial charge in [0.15, 0.2) is 0 Å². The molecular weight excluding hydrogens is 346 g/mol. The molecule has 0 saturated heterocycles. The number of thiophene rings is 1. The van der Waals surface area contributed by atoms with Crippen LogP contribution in [-0.4, -0.2) is 24.4 Å². The van der Waals surface area contributed by atoms with E-state index in [1.54, 1.807) is 18.2 Å². The maximum atomic E-state index is 11.9. The van der Waals surface area contributed by atoms with Gasteiger partial charge in [-0.1, -0.05) is 18.2 Å². The van der Waals surface area contributed by atoms with E-state index >= 15 is 0 Å². The zero-order chi connectivity index (χ0) is 16.7. The Balaban J connectivity index is 0.00000288. The number of carbonyl (C=O) groups excluding carboxylic acids is 2. The predicted octanol–water partition coefficient (Wildman–Crippen LogP) is 2.57.